The topological polar surface area (TPSA) is 250 Å². The Morgan fingerprint density at radius 2 is 0.319 bits per heavy atom. The van der Waals surface area contributed by atoms with Gasteiger partial charge in [0.25, 0.3) is 0 Å². The summed E-state index contributed by atoms with van der Waals surface area (Å²) in [5.41, 5.74) is 18.3. The van der Waals surface area contributed by atoms with Gasteiger partial charge in [-0.2, -0.15) is 20.4 Å². The number of nitrogens with zero attached hydrogens (tertiary/aromatic N) is 22. The predicted octanol–water partition coefficient (Wildman–Crippen LogP) is 27.1. The number of rotatable bonds is 14. The third-order valence-electron chi connectivity index (χ3n) is 25.1. The van der Waals surface area contributed by atoms with Crippen LogP contribution in [-0.4, -0.2) is 108 Å². The third-order valence-corrected chi connectivity index (χ3v) is 25.1. The van der Waals surface area contributed by atoms with Crippen molar-refractivity contribution in [2.45, 2.75) is 0 Å². The van der Waals surface area contributed by atoms with Crippen LogP contribution in [0.2, 0.25) is 0 Å². The van der Waals surface area contributed by atoms with Gasteiger partial charge in [-0.3, -0.25) is 9.97 Å². The minimum absolute atomic E-state index is 0.476. The van der Waals surface area contributed by atoms with Crippen molar-refractivity contribution in [3.05, 3.63) is 474 Å². The van der Waals surface area contributed by atoms with Crippen molar-refractivity contribution in [2.24, 2.45) is 0 Å². The lowest BCUT2D eigenvalue weighted by Crippen LogP contribution is -2.02. The highest BCUT2D eigenvalue weighted by Gasteiger charge is 2.23. The molecular weight excluding hydrogens is 1770 g/mol. The Hall–Kier alpha value is -20.3. The maximum Gasteiger partial charge on any atom is 0.184 e. The van der Waals surface area contributed by atoms with Crippen LogP contribution >= 0.6 is 0 Å². The zero-order valence-electron chi connectivity index (χ0n) is 76.9. The summed E-state index contributed by atoms with van der Waals surface area (Å²) in [6.45, 7) is 0. The number of benzene rings is 14. The highest BCUT2D eigenvalue weighted by Crippen LogP contribution is 2.36. The lowest BCUT2D eigenvalue weighted by atomic mass is 10.0. The molecular formula is C122H78N22. The van der Waals surface area contributed by atoms with Crippen molar-refractivity contribution in [1.29, 1.82) is 0 Å². The fourth-order valence-corrected chi connectivity index (χ4v) is 17.8. The van der Waals surface area contributed by atoms with E-state index in [1.807, 2.05) is 249 Å². The van der Waals surface area contributed by atoms with Gasteiger partial charge in [-0.15, -0.1) is 0 Å². The van der Waals surface area contributed by atoms with Crippen LogP contribution in [0.3, 0.4) is 0 Å². The summed E-state index contributed by atoms with van der Waals surface area (Å²) >= 11 is 0. The Balaban J connectivity index is 0.000000101. The van der Waals surface area contributed by atoms with Crippen molar-refractivity contribution in [1.82, 2.24) is 108 Å². The quantitative estimate of drug-likeness (QED) is 0.0981. The van der Waals surface area contributed by atoms with Crippen molar-refractivity contribution in [2.75, 3.05) is 0 Å². The fourth-order valence-electron chi connectivity index (χ4n) is 17.8. The lowest BCUT2D eigenvalue weighted by molar-refractivity contribution is 0.955. The van der Waals surface area contributed by atoms with Crippen LogP contribution in [0.15, 0.2) is 474 Å². The zero-order chi connectivity index (χ0) is 95.6. The van der Waals surface area contributed by atoms with Crippen molar-refractivity contribution >= 4 is 86.7 Å². The molecule has 0 unspecified atom stereocenters. The van der Waals surface area contributed by atoms with Gasteiger partial charge >= 0.3 is 0 Å². The Kier molecular flexibility index (Phi) is 22.3. The maximum absolute atomic E-state index is 4.95. The highest BCUT2D eigenvalue weighted by molar-refractivity contribution is 5.93. The van der Waals surface area contributed by atoms with Gasteiger partial charge in [0.15, 0.2) is 69.9 Å². The molecule has 22 heteroatoms. The van der Waals surface area contributed by atoms with Gasteiger partial charge in [-0.05, 0) is 150 Å². The van der Waals surface area contributed by atoms with Gasteiger partial charge in [-0.1, -0.05) is 352 Å². The number of hydrogen-bond acceptors (Lipinski definition) is 18. The summed E-state index contributed by atoms with van der Waals surface area (Å²) in [5, 5.41) is 33.0. The maximum atomic E-state index is 4.95. The molecule has 0 aliphatic carbocycles. The molecule has 0 aliphatic heterocycles. The molecule has 28 aromatic rings. The second-order valence-corrected chi connectivity index (χ2v) is 34.6. The first-order valence-corrected chi connectivity index (χ1v) is 47.0. The SMILES string of the molecule is c1ccc(-c2ccc(-c3nc(-c4ccc(-c5ccccc5)cc4)nc(-c4cc5cc6ccccc6cn5n4)n3)cc2)cc1.c1ccc(-c2nc(-c3ccccc3)nc(-c3cc4cc5ccccc5cn4n3)n2)cc1.c1ccc(-c2nc(-c3ccccn3)nc(-c3cc4cc5ccccc5cn4n3)n2)nc1.c1ccc2cc(-c3nc(-c4ccc5ccccc5c4)nc(-c4cc5cc6ccccc6cn5n4)n3)ccc2c1. The minimum atomic E-state index is 0.476. The van der Waals surface area contributed by atoms with Gasteiger partial charge in [0, 0.05) is 92.1 Å². The molecule has 0 spiro atoms. The second kappa shape index (κ2) is 37.7. The molecule has 144 heavy (non-hydrogen) atoms. The first-order chi connectivity index (χ1) is 71.2. The molecule has 0 bridgehead atoms. The van der Waals surface area contributed by atoms with Crippen LogP contribution in [0.25, 0.3) is 246 Å². The Labute approximate surface area is 823 Å². The summed E-state index contributed by atoms with van der Waals surface area (Å²) in [6.07, 6.45) is 11.6. The van der Waals surface area contributed by atoms with E-state index >= 15 is 0 Å². The standard InChI is InChI=1S/C38H25N5.C34H21N5.C26H17N5.C24H15N7/c1-3-9-26(10-4-1)28-15-19-30(20-16-28)36-39-37(31-21-17-29(18-22-31)27-11-5-2-6-12-27)41-38(40-36)35-24-34-23-32-13-7-8-14-33(32)25-43(34)42-35;1-3-9-24-17-27(15-13-22(24)7-1)32-35-33(28-16-14-23-8-2-4-10-25(23)18-28)37-34(36-32)31-20-30-19-26-11-5-6-12-29(26)21-39(30)38-31;1-3-9-18(10-4-1)24-27-25(19-11-5-2-6-12-19)29-26(28-24)23-16-22-15-20-13-7-8-14-21(20)17-31(22)30-23;1-2-8-17-15-31-18(13-16(17)7-1)14-21(30-31)24-28-22(19-9-3-5-11-25-19)27-23(29-24)20-10-4-6-12-26-20/h1-25H;1-21H;1-17H;1-15H. The number of hydrogen-bond donors (Lipinski definition) is 0. The van der Waals surface area contributed by atoms with E-state index in [9.17, 15) is 0 Å². The molecule has 14 heterocycles. The Morgan fingerprint density at radius 1 is 0.125 bits per heavy atom. The van der Waals surface area contributed by atoms with Crippen molar-refractivity contribution < 1.29 is 0 Å². The monoisotopic (exact) mass is 1850 g/mol. The van der Waals surface area contributed by atoms with E-state index in [1.54, 1.807) is 12.4 Å². The molecule has 0 saturated heterocycles. The normalized spacial score (nSPS) is 11.3. The van der Waals surface area contributed by atoms with E-state index < -0.39 is 0 Å². The molecule has 0 saturated carbocycles. The molecule has 14 aromatic carbocycles. The van der Waals surface area contributed by atoms with Gasteiger partial charge in [-0.25, -0.2) is 77.9 Å². The van der Waals surface area contributed by atoms with E-state index in [2.05, 4.69) is 255 Å². The fraction of sp³-hybridized carbons (Fsp3) is 0. The van der Waals surface area contributed by atoms with E-state index in [0.29, 0.717) is 104 Å². The summed E-state index contributed by atoms with van der Waals surface area (Å²) in [6, 6.07) is 147. The summed E-state index contributed by atoms with van der Waals surface area (Å²) in [7, 11) is 0. The van der Waals surface area contributed by atoms with Crippen molar-refractivity contribution in [3.8, 4) is 160 Å². The second-order valence-electron chi connectivity index (χ2n) is 34.6. The molecule has 28 rings (SSSR count). The lowest BCUT2D eigenvalue weighted by Gasteiger charge is -2.09. The van der Waals surface area contributed by atoms with Gasteiger partial charge in [0.2, 0.25) is 0 Å². The van der Waals surface area contributed by atoms with Gasteiger partial charge < -0.3 is 0 Å². The van der Waals surface area contributed by atoms with Crippen LogP contribution in [-0.2, 0) is 0 Å². The summed E-state index contributed by atoms with van der Waals surface area (Å²) in [5.74, 6) is 6.79. The van der Waals surface area contributed by atoms with Gasteiger partial charge in [0.05, 0.1) is 22.1 Å². The molecule has 676 valence electrons. The molecule has 0 atom stereocenters. The smallest absolute Gasteiger partial charge is 0.184 e. The minimum Gasteiger partial charge on any atom is -0.253 e. The van der Waals surface area contributed by atoms with Crippen LogP contribution in [0.1, 0.15) is 0 Å². The molecule has 22 nitrogen and oxygen atoms in total. The third kappa shape index (κ3) is 17.8. The summed E-state index contributed by atoms with van der Waals surface area (Å²) in [4.78, 5) is 66.7. The number of pyridine rings is 6. The molecule has 14 aromatic heterocycles. The highest BCUT2D eigenvalue weighted by atomic mass is 15.3. The Morgan fingerprint density at radius 3 is 0.597 bits per heavy atom. The van der Waals surface area contributed by atoms with Crippen LogP contribution in [0, 0.1) is 0 Å². The first kappa shape index (κ1) is 85.4. The molecule has 0 aliphatic rings. The molecule has 0 amide bonds. The van der Waals surface area contributed by atoms with E-state index in [4.69, 9.17) is 65.3 Å². The molecule has 0 N–H and O–H groups in total. The largest absolute Gasteiger partial charge is 0.253 e. The predicted molar refractivity (Wildman–Crippen MR) is 571 cm³/mol. The average Bonchev–Trinajstić information content (AvgIpc) is 1.65. The van der Waals surface area contributed by atoms with Crippen LogP contribution in [0.4, 0.5) is 0 Å². The Bertz CT molecular complexity index is 8890. The van der Waals surface area contributed by atoms with Crippen LogP contribution in [0.5, 0.6) is 0 Å². The zero-order valence-corrected chi connectivity index (χ0v) is 76.9. The number of fused-ring (bicyclic) bond motifs is 10. The average molecular weight is 1850 g/mol. The molecule has 0 fully saturated rings. The van der Waals surface area contributed by atoms with E-state index in [-0.39, 0.29) is 0 Å². The van der Waals surface area contributed by atoms with E-state index in [0.717, 1.165) is 110 Å². The van der Waals surface area contributed by atoms with Crippen LogP contribution < -0.4 is 0 Å². The summed E-state index contributed by atoms with van der Waals surface area (Å²) < 4.78 is 7.52. The first-order valence-electron chi connectivity index (χ1n) is 47.0. The van der Waals surface area contributed by atoms with Gasteiger partial charge in [0.1, 0.15) is 34.2 Å². The molecule has 0 radical (unpaired) electrons. The van der Waals surface area contributed by atoms with Crippen molar-refractivity contribution in [3.63, 3.8) is 0 Å². The van der Waals surface area contributed by atoms with E-state index in [1.165, 1.54) is 32.7 Å². The number of aromatic nitrogens is 22.